The summed E-state index contributed by atoms with van der Waals surface area (Å²) >= 11 is 0. The number of carboxylic acid groups (broad SMARTS) is 1. The van der Waals surface area contributed by atoms with Gasteiger partial charge in [-0.2, -0.15) is 0 Å². The van der Waals surface area contributed by atoms with Gasteiger partial charge in [0.15, 0.2) is 5.76 Å². The van der Waals surface area contributed by atoms with Gasteiger partial charge in [-0.05, 0) is 48.2 Å². The van der Waals surface area contributed by atoms with Crippen LogP contribution in [0.1, 0.15) is 36.4 Å². The topological polar surface area (TPSA) is 111 Å². The first-order valence-corrected chi connectivity index (χ1v) is 8.60. The van der Waals surface area contributed by atoms with Crippen molar-refractivity contribution in [3.8, 4) is 0 Å². The number of carbonyl (C=O) groups is 3. The maximum atomic E-state index is 13.1. The van der Waals surface area contributed by atoms with Crippen LogP contribution in [0, 0.1) is 11.7 Å². The Bertz CT molecular complexity index is 857. The van der Waals surface area contributed by atoms with Crippen LogP contribution in [0.15, 0.2) is 52.8 Å². The summed E-state index contributed by atoms with van der Waals surface area (Å²) in [6.45, 7) is 3.60. The first-order chi connectivity index (χ1) is 13.3. The number of carbonyl (C=O) groups excluding carboxylic acids is 3. The Balaban J connectivity index is 2.28. The molecule has 8 heteroatoms. The van der Waals surface area contributed by atoms with E-state index in [2.05, 4.69) is 10.6 Å². The van der Waals surface area contributed by atoms with E-state index in [1.54, 1.807) is 13.8 Å². The van der Waals surface area contributed by atoms with E-state index in [0.29, 0.717) is 5.56 Å². The van der Waals surface area contributed by atoms with Crippen molar-refractivity contribution in [1.82, 2.24) is 10.6 Å². The van der Waals surface area contributed by atoms with E-state index in [4.69, 9.17) is 4.42 Å². The third-order valence-corrected chi connectivity index (χ3v) is 3.72. The van der Waals surface area contributed by atoms with Crippen LogP contribution in [0.25, 0.3) is 6.08 Å². The summed E-state index contributed by atoms with van der Waals surface area (Å²) in [5.41, 5.74) is 0.211. The lowest BCUT2D eigenvalue weighted by Crippen LogP contribution is -2.50. The van der Waals surface area contributed by atoms with Crippen LogP contribution >= 0.6 is 0 Å². The molecule has 7 nitrogen and oxygen atoms in total. The van der Waals surface area contributed by atoms with Gasteiger partial charge in [0.25, 0.3) is 11.8 Å². The predicted molar refractivity (Wildman–Crippen MR) is 96.9 cm³/mol. The summed E-state index contributed by atoms with van der Waals surface area (Å²) in [6.07, 6.45) is 2.76. The number of amides is 2. The molecule has 0 radical (unpaired) electrons. The fourth-order valence-electron chi connectivity index (χ4n) is 2.40. The molecule has 0 spiro atoms. The van der Waals surface area contributed by atoms with Crippen LogP contribution in [0.3, 0.4) is 0 Å². The maximum absolute atomic E-state index is 13.1. The second-order valence-corrected chi connectivity index (χ2v) is 6.52. The molecular formula is C20H20FN2O5-. The molecule has 2 N–H and O–H groups in total. The van der Waals surface area contributed by atoms with Crippen molar-refractivity contribution >= 4 is 23.9 Å². The lowest BCUT2D eigenvalue weighted by Gasteiger charge is -2.22. The van der Waals surface area contributed by atoms with Crippen LogP contribution in [0.2, 0.25) is 0 Å². The number of benzene rings is 1. The first-order valence-electron chi connectivity index (χ1n) is 8.60. The molecule has 2 rings (SSSR count). The molecule has 1 atom stereocenters. The Hall–Kier alpha value is -3.42. The van der Waals surface area contributed by atoms with Gasteiger partial charge in [-0.15, -0.1) is 0 Å². The molecule has 0 unspecified atom stereocenters. The van der Waals surface area contributed by atoms with Gasteiger partial charge >= 0.3 is 0 Å². The van der Waals surface area contributed by atoms with Gasteiger partial charge in [-0.25, -0.2) is 4.39 Å². The Morgan fingerprint density at radius 1 is 1.18 bits per heavy atom. The van der Waals surface area contributed by atoms with Crippen LogP contribution in [-0.2, 0) is 9.59 Å². The van der Waals surface area contributed by atoms with Crippen molar-refractivity contribution in [2.24, 2.45) is 5.92 Å². The van der Waals surface area contributed by atoms with Crippen molar-refractivity contribution in [1.29, 1.82) is 0 Å². The van der Waals surface area contributed by atoms with E-state index in [0.717, 1.165) is 0 Å². The van der Waals surface area contributed by atoms with Crippen molar-refractivity contribution in [2.45, 2.75) is 26.3 Å². The van der Waals surface area contributed by atoms with Crippen molar-refractivity contribution in [2.75, 3.05) is 0 Å². The number of carboxylic acids is 1. The van der Waals surface area contributed by atoms with E-state index in [1.807, 2.05) is 0 Å². The largest absolute Gasteiger partial charge is 0.548 e. The zero-order valence-corrected chi connectivity index (χ0v) is 15.4. The molecule has 0 bridgehead atoms. The van der Waals surface area contributed by atoms with Gasteiger partial charge in [0, 0.05) is 0 Å². The van der Waals surface area contributed by atoms with E-state index in [9.17, 15) is 23.9 Å². The quantitative estimate of drug-likeness (QED) is 0.667. The molecule has 1 heterocycles. The molecular weight excluding hydrogens is 367 g/mol. The highest BCUT2D eigenvalue weighted by molar-refractivity contribution is 6.05. The SMILES string of the molecule is CC(C)C[C@@H](NC(=O)/C(=C\c1ccc(F)cc1)NC(=O)c1ccco1)C(=O)[O-]. The highest BCUT2D eigenvalue weighted by Gasteiger charge is 2.21. The van der Waals surface area contributed by atoms with E-state index in [1.165, 1.54) is 48.7 Å². The van der Waals surface area contributed by atoms with Crippen LogP contribution < -0.4 is 15.7 Å². The fraction of sp³-hybridized carbons (Fsp3) is 0.250. The van der Waals surface area contributed by atoms with Crippen LogP contribution in [0.4, 0.5) is 4.39 Å². The van der Waals surface area contributed by atoms with Crippen molar-refractivity contribution in [3.63, 3.8) is 0 Å². The monoisotopic (exact) mass is 387 g/mol. The van der Waals surface area contributed by atoms with Gasteiger partial charge in [0.2, 0.25) is 0 Å². The third kappa shape index (κ3) is 6.08. The standard InChI is InChI=1S/C20H21FN2O5/c1-12(2)10-16(20(26)27)23-18(24)15(11-13-5-7-14(21)8-6-13)22-19(25)17-4-3-9-28-17/h3-9,11-12,16H,10H2,1-2H3,(H,22,25)(H,23,24)(H,26,27)/p-1/b15-11+/t16-/m1/s1. The number of hydrogen-bond donors (Lipinski definition) is 2. The number of nitrogens with one attached hydrogen (secondary N) is 2. The average molecular weight is 387 g/mol. The molecule has 0 aliphatic rings. The average Bonchev–Trinajstić information content (AvgIpc) is 3.16. The zero-order chi connectivity index (χ0) is 20.7. The molecule has 1 aromatic carbocycles. The van der Waals surface area contributed by atoms with Gasteiger partial charge in [-0.3, -0.25) is 9.59 Å². The highest BCUT2D eigenvalue weighted by Crippen LogP contribution is 2.10. The van der Waals surface area contributed by atoms with Gasteiger partial charge in [0.1, 0.15) is 11.5 Å². The highest BCUT2D eigenvalue weighted by atomic mass is 19.1. The van der Waals surface area contributed by atoms with Crippen LogP contribution in [0.5, 0.6) is 0 Å². The van der Waals surface area contributed by atoms with E-state index in [-0.39, 0.29) is 23.8 Å². The van der Waals surface area contributed by atoms with Crippen molar-refractivity contribution < 1.29 is 28.3 Å². The molecule has 2 amide bonds. The molecule has 1 aromatic heterocycles. The van der Waals surface area contributed by atoms with E-state index < -0.39 is 29.6 Å². The van der Waals surface area contributed by atoms with Gasteiger partial charge in [0.05, 0.1) is 18.3 Å². The lowest BCUT2D eigenvalue weighted by molar-refractivity contribution is -0.308. The number of halogens is 1. The van der Waals surface area contributed by atoms with E-state index >= 15 is 0 Å². The molecule has 2 aromatic rings. The minimum absolute atomic E-state index is 0.00885. The summed E-state index contributed by atoms with van der Waals surface area (Å²) in [5, 5.41) is 16.0. The van der Waals surface area contributed by atoms with Gasteiger partial charge in [-0.1, -0.05) is 26.0 Å². The fourth-order valence-corrected chi connectivity index (χ4v) is 2.40. The third-order valence-electron chi connectivity index (χ3n) is 3.72. The molecule has 0 saturated heterocycles. The smallest absolute Gasteiger partial charge is 0.291 e. The summed E-state index contributed by atoms with van der Waals surface area (Å²) in [4.78, 5) is 36.2. The zero-order valence-electron chi connectivity index (χ0n) is 15.4. The maximum Gasteiger partial charge on any atom is 0.291 e. The number of hydrogen-bond acceptors (Lipinski definition) is 5. The molecule has 0 aliphatic carbocycles. The predicted octanol–water partition coefficient (Wildman–Crippen LogP) is 1.47. The van der Waals surface area contributed by atoms with Gasteiger partial charge < -0.3 is 25.0 Å². The summed E-state index contributed by atoms with van der Waals surface area (Å²) < 4.78 is 18.1. The molecule has 0 saturated carbocycles. The Morgan fingerprint density at radius 2 is 1.86 bits per heavy atom. The number of furan rings is 1. The minimum atomic E-state index is -1.43. The Labute approximate surface area is 161 Å². The number of aliphatic carboxylic acids is 1. The lowest BCUT2D eigenvalue weighted by atomic mass is 10.0. The van der Waals surface area contributed by atoms with Crippen molar-refractivity contribution in [3.05, 3.63) is 65.5 Å². The molecule has 0 fully saturated rings. The Kier molecular flexibility index (Phi) is 7.08. The normalized spacial score (nSPS) is 12.5. The first kappa shape index (κ1) is 20.9. The molecule has 28 heavy (non-hydrogen) atoms. The second-order valence-electron chi connectivity index (χ2n) is 6.52. The van der Waals surface area contributed by atoms with Crippen LogP contribution in [-0.4, -0.2) is 23.8 Å². The summed E-state index contributed by atoms with van der Waals surface area (Å²) in [5.74, 6) is -3.44. The molecule has 0 aliphatic heterocycles. The molecule has 148 valence electrons. The number of rotatable bonds is 8. The minimum Gasteiger partial charge on any atom is -0.548 e. The summed E-state index contributed by atoms with van der Waals surface area (Å²) in [7, 11) is 0. The Morgan fingerprint density at radius 3 is 2.39 bits per heavy atom. The second kappa shape index (κ2) is 9.50. The summed E-state index contributed by atoms with van der Waals surface area (Å²) in [6, 6.07) is 6.89.